The van der Waals surface area contributed by atoms with Crippen molar-refractivity contribution in [3.05, 3.63) is 30.6 Å². The van der Waals surface area contributed by atoms with Crippen LogP contribution < -0.4 is 10.1 Å². The number of hydrogen-bond acceptors (Lipinski definition) is 6. The Bertz CT molecular complexity index is 781. The Morgan fingerprint density at radius 3 is 2.91 bits per heavy atom. The van der Waals surface area contributed by atoms with Crippen LogP contribution in [0.4, 0.5) is 5.69 Å². The summed E-state index contributed by atoms with van der Waals surface area (Å²) in [4.78, 5) is 12.5. The molecule has 2 heterocycles. The van der Waals surface area contributed by atoms with Crippen LogP contribution in [0, 0.1) is 0 Å². The number of aromatic nitrogens is 4. The third-order valence-corrected chi connectivity index (χ3v) is 3.39. The number of methoxy groups -OCH3 is 1. The van der Waals surface area contributed by atoms with E-state index in [2.05, 4.69) is 20.7 Å². The number of nitrogens with one attached hydrogen (secondary N) is 1. The summed E-state index contributed by atoms with van der Waals surface area (Å²) in [5.74, 6) is 0.356. The number of benzene rings is 1. The molecule has 8 heteroatoms. The standard InChI is InChI=1S/C14H15N5O3/c1-3-10(19-8-4-7-15-19)14(20)16-9-5-6-11(21-2)13-12(9)17-22-18-13/h4-8,10H,3H2,1-2H3,(H,16,20). The van der Waals surface area contributed by atoms with Crippen LogP contribution in [0.25, 0.3) is 11.0 Å². The molecule has 2 aromatic heterocycles. The fraction of sp³-hybridized carbons (Fsp3) is 0.286. The van der Waals surface area contributed by atoms with Crippen LogP contribution in [0.15, 0.2) is 35.2 Å². The minimum Gasteiger partial charge on any atom is -0.494 e. The van der Waals surface area contributed by atoms with E-state index in [4.69, 9.17) is 9.37 Å². The van der Waals surface area contributed by atoms with Crippen molar-refractivity contribution in [3.8, 4) is 5.75 Å². The average Bonchev–Trinajstić information content (AvgIpc) is 3.19. The largest absolute Gasteiger partial charge is 0.494 e. The summed E-state index contributed by atoms with van der Waals surface area (Å²) in [6.07, 6.45) is 4.02. The van der Waals surface area contributed by atoms with Crippen LogP contribution in [0.2, 0.25) is 0 Å². The Labute approximate surface area is 126 Å². The van der Waals surface area contributed by atoms with Gasteiger partial charge < -0.3 is 10.1 Å². The predicted molar refractivity (Wildman–Crippen MR) is 78.5 cm³/mol. The molecule has 0 spiro atoms. The molecule has 1 atom stereocenters. The molecule has 1 unspecified atom stereocenters. The Morgan fingerprint density at radius 2 is 2.23 bits per heavy atom. The van der Waals surface area contributed by atoms with Gasteiger partial charge in [0.1, 0.15) is 6.04 Å². The summed E-state index contributed by atoms with van der Waals surface area (Å²) in [5, 5.41) is 14.6. The fourth-order valence-corrected chi connectivity index (χ4v) is 2.28. The predicted octanol–water partition coefficient (Wildman–Crippen LogP) is 2.02. The molecule has 1 N–H and O–H groups in total. The third-order valence-electron chi connectivity index (χ3n) is 3.39. The van der Waals surface area contributed by atoms with Gasteiger partial charge in [-0.15, -0.1) is 0 Å². The van der Waals surface area contributed by atoms with Crippen molar-refractivity contribution in [2.75, 3.05) is 12.4 Å². The molecule has 0 aliphatic heterocycles. The van der Waals surface area contributed by atoms with E-state index in [0.717, 1.165) is 0 Å². The molecule has 0 fully saturated rings. The van der Waals surface area contributed by atoms with Gasteiger partial charge in [-0.1, -0.05) is 6.92 Å². The van der Waals surface area contributed by atoms with Crippen molar-refractivity contribution in [3.63, 3.8) is 0 Å². The van der Waals surface area contributed by atoms with E-state index in [0.29, 0.717) is 28.9 Å². The first-order valence-electron chi connectivity index (χ1n) is 6.83. The lowest BCUT2D eigenvalue weighted by molar-refractivity contribution is -0.119. The van der Waals surface area contributed by atoms with E-state index >= 15 is 0 Å². The average molecular weight is 301 g/mol. The van der Waals surface area contributed by atoms with E-state index in [9.17, 15) is 4.79 Å². The molecule has 22 heavy (non-hydrogen) atoms. The minimum absolute atomic E-state index is 0.180. The van der Waals surface area contributed by atoms with Crippen molar-refractivity contribution in [1.29, 1.82) is 0 Å². The molecule has 1 aromatic carbocycles. The van der Waals surface area contributed by atoms with Crippen molar-refractivity contribution >= 4 is 22.6 Å². The van der Waals surface area contributed by atoms with E-state index in [1.165, 1.54) is 7.11 Å². The van der Waals surface area contributed by atoms with E-state index < -0.39 is 6.04 Å². The van der Waals surface area contributed by atoms with Gasteiger partial charge in [-0.3, -0.25) is 9.48 Å². The number of fused-ring (bicyclic) bond motifs is 1. The number of carbonyl (C=O) groups excluding carboxylic acids is 1. The quantitative estimate of drug-likeness (QED) is 0.774. The molecule has 0 radical (unpaired) electrons. The highest BCUT2D eigenvalue weighted by atomic mass is 16.6. The zero-order valence-corrected chi connectivity index (χ0v) is 12.2. The zero-order valence-electron chi connectivity index (χ0n) is 12.2. The van der Waals surface area contributed by atoms with Crippen LogP contribution in [0.3, 0.4) is 0 Å². The van der Waals surface area contributed by atoms with Gasteiger partial charge >= 0.3 is 0 Å². The summed E-state index contributed by atoms with van der Waals surface area (Å²) in [7, 11) is 1.53. The third kappa shape index (κ3) is 2.39. The number of rotatable bonds is 5. The number of carbonyl (C=O) groups is 1. The molecule has 114 valence electrons. The highest BCUT2D eigenvalue weighted by Crippen LogP contribution is 2.29. The lowest BCUT2D eigenvalue weighted by Gasteiger charge is -2.15. The lowest BCUT2D eigenvalue weighted by atomic mass is 10.2. The van der Waals surface area contributed by atoms with Crippen molar-refractivity contribution in [2.24, 2.45) is 0 Å². The molecule has 0 saturated heterocycles. The van der Waals surface area contributed by atoms with Crippen molar-refractivity contribution in [2.45, 2.75) is 19.4 Å². The van der Waals surface area contributed by atoms with Crippen molar-refractivity contribution < 1.29 is 14.2 Å². The van der Waals surface area contributed by atoms with Gasteiger partial charge in [-0.2, -0.15) is 5.10 Å². The molecule has 3 rings (SSSR count). The van der Waals surface area contributed by atoms with Gasteiger partial charge in [0.2, 0.25) is 5.91 Å². The molecular weight excluding hydrogens is 286 g/mol. The summed E-state index contributed by atoms with van der Waals surface area (Å²) in [6, 6.07) is 4.80. The number of nitrogens with zero attached hydrogens (tertiary/aromatic N) is 4. The zero-order chi connectivity index (χ0) is 15.5. The topological polar surface area (TPSA) is 95.1 Å². The second kappa shape index (κ2) is 5.84. The molecule has 0 aliphatic carbocycles. The number of ether oxygens (including phenoxy) is 1. The maximum atomic E-state index is 12.5. The van der Waals surface area contributed by atoms with Crippen LogP contribution >= 0.6 is 0 Å². The Kier molecular flexibility index (Phi) is 3.73. The molecule has 0 saturated carbocycles. The Morgan fingerprint density at radius 1 is 1.41 bits per heavy atom. The van der Waals surface area contributed by atoms with E-state index in [1.807, 2.05) is 6.92 Å². The SMILES string of the molecule is CCC(C(=O)Nc1ccc(OC)c2nonc12)n1cccn1. The van der Waals surface area contributed by atoms with Gasteiger partial charge in [0.25, 0.3) is 0 Å². The molecule has 0 bridgehead atoms. The monoisotopic (exact) mass is 301 g/mol. The lowest BCUT2D eigenvalue weighted by Crippen LogP contribution is -2.26. The van der Waals surface area contributed by atoms with Gasteiger partial charge in [-0.25, -0.2) is 4.63 Å². The number of anilines is 1. The molecule has 3 aromatic rings. The van der Waals surface area contributed by atoms with Gasteiger partial charge in [-0.05, 0) is 34.9 Å². The van der Waals surface area contributed by atoms with Crippen molar-refractivity contribution in [1.82, 2.24) is 20.1 Å². The fourth-order valence-electron chi connectivity index (χ4n) is 2.28. The van der Waals surface area contributed by atoms with E-state index in [-0.39, 0.29) is 5.91 Å². The Balaban J connectivity index is 1.90. The molecule has 1 amide bonds. The summed E-state index contributed by atoms with van der Waals surface area (Å²) in [5.41, 5.74) is 1.43. The summed E-state index contributed by atoms with van der Waals surface area (Å²) in [6.45, 7) is 1.92. The second-order valence-corrected chi connectivity index (χ2v) is 4.68. The maximum absolute atomic E-state index is 12.5. The second-order valence-electron chi connectivity index (χ2n) is 4.68. The highest BCUT2D eigenvalue weighted by molar-refractivity contribution is 6.02. The maximum Gasteiger partial charge on any atom is 0.249 e. The van der Waals surface area contributed by atoms with Crippen LogP contribution in [-0.2, 0) is 4.79 Å². The van der Waals surface area contributed by atoms with Gasteiger partial charge in [0.05, 0.1) is 12.8 Å². The first-order chi connectivity index (χ1) is 10.7. The van der Waals surface area contributed by atoms with Crippen LogP contribution in [0.1, 0.15) is 19.4 Å². The molecule has 8 nitrogen and oxygen atoms in total. The van der Waals surface area contributed by atoms with E-state index in [1.54, 1.807) is 35.3 Å². The minimum atomic E-state index is -0.396. The highest BCUT2D eigenvalue weighted by Gasteiger charge is 2.21. The summed E-state index contributed by atoms with van der Waals surface area (Å²) >= 11 is 0. The normalized spacial score (nSPS) is 12.3. The number of amides is 1. The molecular formula is C14H15N5O3. The first kappa shape index (κ1) is 14.1. The van der Waals surface area contributed by atoms with Gasteiger partial charge in [0, 0.05) is 12.4 Å². The van der Waals surface area contributed by atoms with Crippen LogP contribution in [-0.4, -0.2) is 33.1 Å². The van der Waals surface area contributed by atoms with Gasteiger partial charge in [0.15, 0.2) is 16.8 Å². The van der Waals surface area contributed by atoms with Crippen LogP contribution in [0.5, 0.6) is 5.75 Å². The first-order valence-corrected chi connectivity index (χ1v) is 6.83. The smallest absolute Gasteiger partial charge is 0.249 e. The molecule has 0 aliphatic rings. The summed E-state index contributed by atoms with van der Waals surface area (Å²) < 4.78 is 11.5. The number of hydrogen-bond donors (Lipinski definition) is 1. The Hall–Kier alpha value is -2.90.